The number of hydrogen-bond acceptors (Lipinski definition) is 4. The minimum absolute atomic E-state index is 0.271. The van der Waals surface area contributed by atoms with Crippen LogP contribution in [-0.2, 0) is 17.9 Å². The number of nitrogens with one attached hydrogen (secondary N) is 1. The molecule has 0 amide bonds. The molecule has 1 aromatic heterocycles. The average molecular weight is 290 g/mol. The third-order valence-electron chi connectivity index (χ3n) is 2.94. The fourth-order valence-corrected chi connectivity index (χ4v) is 1.87. The van der Waals surface area contributed by atoms with Crippen molar-refractivity contribution in [2.24, 2.45) is 0 Å². The van der Waals surface area contributed by atoms with Crippen LogP contribution in [0.4, 0.5) is 4.39 Å². The topological polar surface area (TPSA) is 43.4 Å². The quantitative estimate of drug-likeness (QED) is 0.759. The van der Waals surface area contributed by atoms with Gasteiger partial charge in [-0.25, -0.2) is 4.39 Å². The number of halogens is 1. The minimum Gasteiger partial charge on any atom is -0.489 e. The predicted octanol–water partition coefficient (Wildman–Crippen LogP) is 2.54. The first-order chi connectivity index (χ1) is 10.3. The molecular formula is C16H19FN2O2. The molecule has 0 aliphatic heterocycles. The normalized spacial score (nSPS) is 10.6. The highest BCUT2D eigenvalue weighted by molar-refractivity contribution is 5.34. The zero-order valence-electron chi connectivity index (χ0n) is 12.0. The third kappa shape index (κ3) is 5.13. The molecule has 0 fully saturated rings. The monoisotopic (exact) mass is 290 g/mol. The second-order valence-corrected chi connectivity index (χ2v) is 4.57. The summed E-state index contributed by atoms with van der Waals surface area (Å²) in [6.45, 7) is 2.25. The maximum Gasteiger partial charge on any atom is 0.124 e. The Kier molecular flexibility index (Phi) is 6.12. The number of pyridine rings is 1. The van der Waals surface area contributed by atoms with Gasteiger partial charge in [0.05, 0.1) is 6.61 Å². The lowest BCUT2D eigenvalue weighted by Gasteiger charge is -2.12. The Morgan fingerprint density at radius 1 is 1.29 bits per heavy atom. The SMILES string of the molecule is COCCNCc1cc(F)ccc1OCc1cccnc1. The van der Waals surface area contributed by atoms with E-state index in [9.17, 15) is 4.39 Å². The van der Waals surface area contributed by atoms with Gasteiger partial charge in [0.2, 0.25) is 0 Å². The number of aromatic nitrogens is 1. The van der Waals surface area contributed by atoms with Crippen LogP contribution in [0.2, 0.25) is 0 Å². The highest BCUT2D eigenvalue weighted by Crippen LogP contribution is 2.20. The molecule has 0 aliphatic rings. The first-order valence-corrected chi connectivity index (χ1v) is 6.79. The van der Waals surface area contributed by atoms with Gasteiger partial charge in [-0.05, 0) is 24.3 Å². The molecule has 21 heavy (non-hydrogen) atoms. The van der Waals surface area contributed by atoms with Crippen LogP contribution < -0.4 is 10.1 Å². The summed E-state index contributed by atoms with van der Waals surface area (Å²) in [6, 6.07) is 8.33. The summed E-state index contributed by atoms with van der Waals surface area (Å²) in [5, 5.41) is 3.18. The summed E-state index contributed by atoms with van der Waals surface area (Å²) in [7, 11) is 1.65. The number of benzene rings is 1. The molecule has 1 N–H and O–H groups in total. The number of nitrogens with zero attached hydrogens (tertiary/aromatic N) is 1. The second-order valence-electron chi connectivity index (χ2n) is 4.57. The largest absolute Gasteiger partial charge is 0.489 e. The van der Waals surface area contributed by atoms with Gasteiger partial charge in [0.15, 0.2) is 0 Å². The fraction of sp³-hybridized carbons (Fsp3) is 0.312. The summed E-state index contributed by atoms with van der Waals surface area (Å²) >= 11 is 0. The number of methoxy groups -OCH3 is 1. The maximum atomic E-state index is 13.4. The average Bonchev–Trinajstić information content (AvgIpc) is 2.52. The van der Waals surface area contributed by atoms with E-state index in [4.69, 9.17) is 9.47 Å². The molecule has 0 unspecified atom stereocenters. The first kappa shape index (κ1) is 15.4. The van der Waals surface area contributed by atoms with Crippen LogP contribution in [0.3, 0.4) is 0 Å². The van der Waals surface area contributed by atoms with E-state index in [1.807, 2.05) is 12.1 Å². The van der Waals surface area contributed by atoms with Crippen LogP contribution in [0.5, 0.6) is 5.75 Å². The highest BCUT2D eigenvalue weighted by atomic mass is 19.1. The van der Waals surface area contributed by atoms with Crippen molar-refractivity contribution in [3.05, 3.63) is 59.7 Å². The standard InChI is InChI=1S/C16H19FN2O2/c1-20-8-7-19-11-14-9-15(17)4-5-16(14)21-12-13-3-2-6-18-10-13/h2-6,9-10,19H,7-8,11-12H2,1H3. The molecule has 5 heteroatoms. The molecular weight excluding hydrogens is 271 g/mol. The summed E-state index contributed by atoms with van der Waals surface area (Å²) in [5.74, 6) is 0.400. The molecule has 1 heterocycles. The smallest absolute Gasteiger partial charge is 0.124 e. The molecule has 0 bridgehead atoms. The van der Waals surface area contributed by atoms with Gasteiger partial charge in [-0.2, -0.15) is 0 Å². The molecule has 0 radical (unpaired) electrons. The lowest BCUT2D eigenvalue weighted by Crippen LogP contribution is -2.19. The summed E-state index contributed by atoms with van der Waals surface area (Å²) in [6.07, 6.45) is 3.46. The van der Waals surface area contributed by atoms with Crippen LogP contribution in [0, 0.1) is 5.82 Å². The van der Waals surface area contributed by atoms with Crippen LogP contribution in [0.25, 0.3) is 0 Å². The number of rotatable bonds is 8. The zero-order chi connectivity index (χ0) is 14.9. The van der Waals surface area contributed by atoms with E-state index >= 15 is 0 Å². The van der Waals surface area contributed by atoms with Crippen LogP contribution in [-0.4, -0.2) is 25.2 Å². The van der Waals surface area contributed by atoms with E-state index < -0.39 is 0 Å². The minimum atomic E-state index is -0.271. The molecule has 0 aliphatic carbocycles. The summed E-state index contributed by atoms with van der Waals surface area (Å²) in [5.41, 5.74) is 1.76. The predicted molar refractivity (Wildman–Crippen MR) is 78.6 cm³/mol. The van der Waals surface area contributed by atoms with E-state index in [2.05, 4.69) is 10.3 Å². The lowest BCUT2D eigenvalue weighted by molar-refractivity contribution is 0.199. The Hall–Kier alpha value is -1.98. The molecule has 112 valence electrons. The van der Waals surface area contributed by atoms with Gasteiger partial charge in [0.25, 0.3) is 0 Å². The van der Waals surface area contributed by atoms with Crippen molar-refractivity contribution >= 4 is 0 Å². The lowest BCUT2D eigenvalue weighted by atomic mass is 10.2. The molecule has 4 nitrogen and oxygen atoms in total. The van der Waals surface area contributed by atoms with Gasteiger partial charge >= 0.3 is 0 Å². The summed E-state index contributed by atoms with van der Waals surface area (Å²) in [4.78, 5) is 4.04. The molecule has 0 saturated heterocycles. The van der Waals surface area contributed by atoms with Crippen LogP contribution in [0.1, 0.15) is 11.1 Å². The second kappa shape index (κ2) is 8.34. The van der Waals surface area contributed by atoms with Gasteiger partial charge in [-0.1, -0.05) is 6.07 Å². The molecule has 0 saturated carbocycles. The van der Waals surface area contributed by atoms with Crippen LogP contribution >= 0.6 is 0 Å². The van der Waals surface area contributed by atoms with E-state index in [1.54, 1.807) is 25.6 Å². The van der Waals surface area contributed by atoms with Gasteiger partial charge in [0, 0.05) is 43.7 Å². The van der Waals surface area contributed by atoms with Crippen molar-refractivity contribution in [1.29, 1.82) is 0 Å². The van der Waals surface area contributed by atoms with Gasteiger partial charge in [-0.3, -0.25) is 4.98 Å². The van der Waals surface area contributed by atoms with Crippen LogP contribution in [0.15, 0.2) is 42.7 Å². The molecule has 2 aromatic rings. The molecule has 2 rings (SSSR count). The van der Waals surface area contributed by atoms with Crippen molar-refractivity contribution < 1.29 is 13.9 Å². The summed E-state index contributed by atoms with van der Waals surface area (Å²) < 4.78 is 24.1. The van der Waals surface area contributed by atoms with Crippen molar-refractivity contribution in [2.75, 3.05) is 20.3 Å². The third-order valence-corrected chi connectivity index (χ3v) is 2.94. The maximum absolute atomic E-state index is 13.4. The van der Waals surface area contributed by atoms with Crippen molar-refractivity contribution in [2.45, 2.75) is 13.2 Å². The Balaban J connectivity index is 1.97. The number of ether oxygens (including phenoxy) is 2. The van der Waals surface area contributed by atoms with E-state index in [0.717, 1.165) is 11.1 Å². The van der Waals surface area contributed by atoms with Crippen molar-refractivity contribution in [3.8, 4) is 5.75 Å². The Bertz CT molecular complexity index is 549. The number of hydrogen-bond donors (Lipinski definition) is 1. The molecule has 0 spiro atoms. The van der Waals surface area contributed by atoms with E-state index in [1.165, 1.54) is 12.1 Å². The Morgan fingerprint density at radius 3 is 2.95 bits per heavy atom. The fourth-order valence-electron chi connectivity index (χ4n) is 1.87. The van der Waals surface area contributed by atoms with Gasteiger partial charge in [0.1, 0.15) is 18.2 Å². The van der Waals surface area contributed by atoms with Gasteiger partial charge in [-0.15, -0.1) is 0 Å². The molecule has 0 atom stereocenters. The zero-order valence-corrected chi connectivity index (χ0v) is 12.0. The van der Waals surface area contributed by atoms with Gasteiger partial charge < -0.3 is 14.8 Å². The molecule has 1 aromatic carbocycles. The Labute approximate surface area is 123 Å². The Morgan fingerprint density at radius 2 is 2.19 bits per heavy atom. The highest BCUT2D eigenvalue weighted by Gasteiger charge is 2.06. The van der Waals surface area contributed by atoms with Crippen molar-refractivity contribution in [3.63, 3.8) is 0 Å². The first-order valence-electron chi connectivity index (χ1n) is 6.79. The van der Waals surface area contributed by atoms with E-state index in [0.29, 0.717) is 32.1 Å². The van der Waals surface area contributed by atoms with E-state index in [-0.39, 0.29) is 5.82 Å². The van der Waals surface area contributed by atoms with Crippen molar-refractivity contribution in [1.82, 2.24) is 10.3 Å².